The van der Waals surface area contributed by atoms with Crippen molar-refractivity contribution >= 4 is 61.1 Å². The molecule has 0 spiro atoms. The zero-order valence-corrected chi connectivity index (χ0v) is 21.6. The van der Waals surface area contributed by atoms with Crippen molar-refractivity contribution in [1.29, 1.82) is 0 Å². The van der Waals surface area contributed by atoms with Crippen molar-refractivity contribution in [2.24, 2.45) is 4.99 Å². The van der Waals surface area contributed by atoms with Gasteiger partial charge < -0.3 is 10.1 Å². The molecule has 176 valence electrons. The topological polar surface area (TPSA) is 71.0 Å². The average Bonchev–Trinajstić information content (AvgIpc) is 3.06. The monoisotopic (exact) mass is 495 g/mol. The Morgan fingerprint density at radius 1 is 1.24 bits per heavy atom. The van der Waals surface area contributed by atoms with Crippen LogP contribution in [0.4, 0.5) is 4.79 Å². The summed E-state index contributed by atoms with van der Waals surface area (Å²) in [4.78, 5) is 30.6. The number of nitrogens with one attached hydrogen (secondary N) is 1. The van der Waals surface area contributed by atoms with E-state index in [-0.39, 0.29) is 18.3 Å². The maximum Gasteiger partial charge on any atom is 0.437 e. The van der Waals surface area contributed by atoms with E-state index in [4.69, 9.17) is 16.3 Å². The maximum absolute atomic E-state index is 12.9. The molecule has 0 aliphatic carbocycles. The van der Waals surface area contributed by atoms with Crippen molar-refractivity contribution < 1.29 is 14.3 Å². The van der Waals surface area contributed by atoms with Crippen LogP contribution in [0.15, 0.2) is 35.3 Å². The van der Waals surface area contributed by atoms with Crippen LogP contribution in [-0.4, -0.2) is 35.5 Å². The molecule has 0 radical (unpaired) electrons. The first kappa shape index (κ1) is 24.1. The van der Waals surface area contributed by atoms with Gasteiger partial charge >= 0.3 is 6.09 Å². The number of halogens is 1. The molecule has 3 aromatic rings. The Hall–Kier alpha value is -3.08. The number of rotatable bonds is 1. The maximum atomic E-state index is 12.9. The number of guanidine groups is 1. The summed E-state index contributed by atoms with van der Waals surface area (Å²) >= 11 is 8.41. The van der Waals surface area contributed by atoms with Crippen LogP contribution >= 0.6 is 22.9 Å². The van der Waals surface area contributed by atoms with Crippen molar-refractivity contribution in [3.05, 3.63) is 46.5 Å². The third kappa shape index (κ3) is 4.61. The molecule has 2 amide bonds. The molecule has 1 atom stereocenters. The lowest BCUT2D eigenvalue weighted by molar-refractivity contribution is -0.129. The molecular weight excluding hydrogens is 470 g/mol. The van der Waals surface area contributed by atoms with E-state index in [0.717, 1.165) is 31.3 Å². The predicted molar refractivity (Wildman–Crippen MR) is 138 cm³/mol. The largest absolute Gasteiger partial charge is 0.442 e. The Morgan fingerprint density at radius 3 is 2.62 bits per heavy atom. The van der Waals surface area contributed by atoms with Gasteiger partial charge in [0.25, 0.3) is 0 Å². The molecule has 0 bridgehead atoms. The molecule has 1 aliphatic rings. The van der Waals surface area contributed by atoms with Crippen molar-refractivity contribution in [2.75, 3.05) is 7.05 Å². The number of amides is 2. The third-order valence-corrected chi connectivity index (χ3v) is 7.04. The quantitative estimate of drug-likeness (QED) is 0.418. The van der Waals surface area contributed by atoms with Gasteiger partial charge in [0.15, 0.2) is 0 Å². The average molecular weight is 496 g/mol. The number of ether oxygens (including phenoxy) is 1. The molecule has 6 nitrogen and oxygen atoms in total. The van der Waals surface area contributed by atoms with E-state index in [0.29, 0.717) is 5.02 Å². The highest BCUT2D eigenvalue weighted by Gasteiger charge is 2.40. The molecule has 1 aromatic heterocycles. The van der Waals surface area contributed by atoms with E-state index >= 15 is 0 Å². The van der Waals surface area contributed by atoms with Crippen LogP contribution in [0, 0.1) is 11.8 Å². The molecule has 2 heterocycles. The van der Waals surface area contributed by atoms with Gasteiger partial charge in [0.1, 0.15) is 5.60 Å². The summed E-state index contributed by atoms with van der Waals surface area (Å²) in [5.74, 6) is 5.99. The zero-order valence-electron chi connectivity index (χ0n) is 20.0. The SMILES string of the molecule is CC#Cc1ccc2sc3cc(Cl)c([C@]4(C)CC(=O)N(C)/C(=N\C(=O)OC(C)(C)C)N4)cc3c2c1. The minimum absolute atomic E-state index is 0.125. The van der Waals surface area contributed by atoms with Gasteiger partial charge in [-0.25, -0.2) is 4.79 Å². The molecule has 0 unspecified atom stereocenters. The predicted octanol–water partition coefficient (Wildman–Crippen LogP) is 6.04. The Kier molecular flexibility index (Phi) is 6.09. The van der Waals surface area contributed by atoms with E-state index < -0.39 is 17.2 Å². The molecule has 1 aliphatic heterocycles. The van der Waals surface area contributed by atoms with E-state index in [1.807, 2.05) is 32.0 Å². The summed E-state index contributed by atoms with van der Waals surface area (Å²) in [6.45, 7) is 8.98. The second-order valence-electron chi connectivity index (χ2n) is 9.52. The van der Waals surface area contributed by atoms with Gasteiger partial charge in [0.05, 0.1) is 12.0 Å². The summed E-state index contributed by atoms with van der Waals surface area (Å²) in [7, 11) is 1.57. The number of nitrogens with zero attached hydrogens (tertiary/aromatic N) is 2. The van der Waals surface area contributed by atoms with Gasteiger partial charge in [-0.05, 0) is 70.5 Å². The Bertz CT molecular complexity index is 1420. The van der Waals surface area contributed by atoms with Gasteiger partial charge in [-0.1, -0.05) is 17.5 Å². The van der Waals surface area contributed by atoms with E-state index in [1.54, 1.807) is 39.2 Å². The van der Waals surface area contributed by atoms with Gasteiger partial charge in [0, 0.05) is 37.8 Å². The van der Waals surface area contributed by atoms with Crippen LogP contribution in [-0.2, 0) is 15.1 Å². The summed E-state index contributed by atoms with van der Waals surface area (Å²) in [6.07, 6.45) is -0.620. The highest BCUT2D eigenvalue weighted by atomic mass is 35.5. The molecule has 2 aromatic carbocycles. The highest BCUT2D eigenvalue weighted by molar-refractivity contribution is 7.25. The van der Waals surface area contributed by atoms with Crippen LogP contribution in [0.1, 0.15) is 52.2 Å². The highest BCUT2D eigenvalue weighted by Crippen LogP contribution is 2.41. The van der Waals surface area contributed by atoms with Gasteiger partial charge in [-0.2, -0.15) is 0 Å². The standard InChI is InChI=1S/C26H26ClN3O3S/c1-7-8-15-9-10-20-16(11-15)17-12-18(19(27)13-21(17)34-20)26(5)14-22(31)30(6)23(29-26)28-24(32)33-25(2,3)4/h9-13H,14H2,1-6H3,(H,28,29,32)/t26-/m0/s1. The molecule has 4 rings (SSSR count). The molecule has 1 fully saturated rings. The number of fused-ring (bicyclic) bond motifs is 3. The zero-order chi connectivity index (χ0) is 24.8. The molecule has 34 heavy (non-hydrogen) atoms. The van der Waals surface area contributed by atoms with Crippen molar-refractivity contribution in [3.63, 3.8) is 0 Å². The lowest BCUT2D eigenvalue weighted by Gasteiger charge is -2.40. The Labute approximate surface area is 207 Å². The molecular formula is C26H26ClN3O3S. The smallest absolute Gasteiger partial charge is 0.437 e. The number of thiophene rings is 1. The van der Waals surface area contributed by atoms with Gasteiger partial charge in [-0.15, -0.1) is 22.2 Å². The number of benzene rings is 2. The summed E-state index contributed by atoms with van der Waals surface area (Å²) < 4.78 is 7.49. The van der Waals surface area contributed by atoms with Gasteiger partial charge in [0.2, 0.25) is 11.9 Å². The molecule has 8 heteroatoms. The minimum atomic E-state index is -0.870. The Balaban J connectivity index is 1.81. The molecule has 1 saturated heterocycles. The summed E-state index contributed by atoms with van der Waals surface area (Å²) in [6, 6.07) is 10.1. The van der Waals surface area contributed by atoms with E-state index in [9.17, 15) is 9.59 Å². The summed E-state index contributed by atoms with van der Waals surface area (Å²) in [5.41, 5.74) is 0.130. The van der Waals surface area contributed by atoms with Crippen molar-refractivity contribution in [1.82, 2.24) is 10.2 Å². The lowest BCUT2D eigenvalue weighted by atomic mass is 9.85. The first-order valence-electron chi connectivity index (χ1n) is 10.9. The number of carbonyl (C=O) groups excluding carboxylic acids is 2. The fraction of sp³-hybridized carbons (Fsp3) is 0.346. The summed E-state index contributed by atoms with van der Waals surface area (Å²) in [5, 5.41) is 5.94. The minimum Gasteiger partial charge on any atom is -0.442 e. The molecule has 0 saturated carbocycles. The van der Waals surface area contributed by atoms with Crippen LogP contribution in [0.3, 0.4) is 0 Å². The third-order valence-electron chi connectivity index (χ3n) is 5.60. The first-order chi connectivity index (χ1) is 15.9. The fourth-order valence-electron chi connectivity index (χ4n) is 3.99. The number of carbonyl (C=O) groups is 2. The second kappa shape index (κ2) is 8.61. The van der Waals surface area contributed by atoms with E-state index in [1.165, 1.54) is 4.90 Å². The number of aliphatic imine (C=N–C) groups is 1. The first-order valence-corrected chi connectivity index (χ1v) is 12.0. The van der Waals surface area contributed by atoms with Crippen LogP contribution in [0.5, 0.6) is 0 Å². The Morgan fingerprint density at radius 2 is 1.94 bits per heavy atom. The lowest BCUT2D eigenvalue weighted by Crippen LogP contribution is -2.58. The van der Waals surface area contributed by atoms with Crippen LogP contribution in [0.25, 0.3) is 20.2 Å². The van der Waals surface area contributed by atoms with Crippen LogP contribution in [0.2, 0.25) is 5.02 Å². The van der Waals surface area contributed by atoms with Crippen molar-refractivity contribution in [3.8, 4) is 11.8 Å². The fourth-order valence-corrected chi connectivity index (χ4v) is 5.54. The number of hydrogen-bond acceptors (Lipinski definition) is 4. The van der Waals surface area contributed by atoms with Gasteiger partial charge in [-0.3, -0.25) is 9.69 Å². The van der Waals surface area contributed by atoms with E-state index in [2.05, 4.69) is 34.3 Å². The van der Waals surface area contributed by atoms with Crippen molar-refractivity contribution in [2.45, 2.75) is 52.2 Å². The second-order valence-corrected chi connectivity index (χ2v) is 11.0. The van der Waals surface area contributed by atoms with Crippen LogP contribution < -0.4 is 5.32 Å². The number of hydrogen-bond donors (Lipinski definition) is 1. The molecule has 1 N–H and O–H groups in total. The normalized spacial score (nSPS) is 19.8.